The van der Waals surface area contributed by atoms with Gasteiger partial charge in [0.1, 0.15) is 0 Å². The van der Waals surface area contributed by atoms with Crippen LogP contribution in [0.3, 0.4) is 0 Å². The molecule has 0 saturated carbocycles. The standard InChI is InChI=1S/C48H34N4/c1-3-9-43-41(7-1)47-45(11-5-29-49-47)51(43)39-25-17-35(18-26-39)31-33-13-21-37(22-14-33)38-23-15-34(16-24-38)32-36-19-27-40(28-20-36)52-44-10-4-2-8-42(44)48-46(52)12-6-30-50-48/h1-30H,31-32H2. The highest BCUT2D eigenvalue weighted by Crippen LogP contribution is 2.32. The summed E-state index contributed by atoms with van der Waals surface area (Å²) in [7, 11) is 0. The van der Waals surface area contributed by atoms with Crippen LogP contribution in [0.25, 0.3) is 66.4 Å². The maximum Gasteiger partial charge on any atom is 0.0963 e. The van der Waals surface area contributed by atoms with Gasteiger partial charge in [-0.3, -0.25) is 9.97 Å². The van der Waals surface area contributed by atoms with Gasteiger partial charge in [-0.05, 0) is 107 Å². The van der Waals surface area contributed by atoms with Gasteiger partial charge in [0.05, 0.1) is 33.1 Å². The highest BCUT2D eigenvalue weighted by atomic mass is 15.0. The Morgan fingerprint density at radius 2 is 0.673 bits per heavy atom. The predicted molar refractivity (Wildman–Crippen MR) is 215 cm³/mol. The molecule has 4 heteroatoms. The van der Waals surface area contributed by atoms with Gasteiger partial charge in [0.15, 0.2) is 0 Å². The minimum Gasteiger partial charge on any atom is -0.308 e. The molecule has 0 aliphatic heterocycles. The van der Waals surface area contributed by atoms with Gasteiger partial charge in [-0.1, -0.05) is 109 Å². The van der Waals surface area contributed by atoms with Crippen molar-refractivity contribution in [2.45, 2.75) is 12.8 Å². The molecule has 0 aliphatic carbocycles. The molecule has 4 heterocycles. The van der Waals surface area contributed by atoms with E-state index < -0.39 is 0 Å². The normalized spacial score (nSPS) is 11.6. The van der Waals surface area contributed by atoms with E-state index in [2.05, 4.69) is 177 Å². The fourth-order valence-electron chi connectivity index (χ4n) is 7.75. The number of fused-ring (bicyclic) bond motifs is 6. The van der Waals surface area contributed by atoms with Crippen molar-refractivity contribution in [2.24, 2.45) is 0 Å². The van der Waals surface area contributed by atoms with Gasteiger partial charge in [0, 0.05) is 34.5 Å². The SMILES string of the molecule is c1ccc2c(c1)c1ncccc1n2-c1ccc(Cc2ccc(-c3ccc(Cc4ccc(-n5c6ccccc6c6ncccc65)cc4)cc3)cc2)cc1. The van der Waals surface area contributed by atoms with E-state index in [1.807, 2.05) is 24.5 Å². The molecule has 4 nitrogen and oxygen atoms in total. The van der Waals surface area contributed by atoms with Crippen molar-refractivity contribution in [3.05, 3.63) is 205 Å². The Balaban J connectivity index is 0.822. The van der Waals surface area contributed by atoms with Gasteiger partial charge in [0.25, 0.3) is 0 Å². The van der Waals surface area contributed by atoms with Crippen molar-refractivity contribution in [1.29, 1.82) is 0 Å². The van der Waals surface area contributed by atoms with Crippen LogP contribution in [-0.2, 0) is 12.8 Å². The van der Waals surface area contributed by atoms with Gasteiger partial charge in [-0.25, -0.2) is 0 Å². The second-order valence-electron chi connectivity index (χ2n) is 13.5. The Morgan fingerprint density at radius 1 is 0.327 bits per heavy atom. The van der Waals surface area contributed by atoms with Gasteiger partial charge < -0.3 is 9.13 Å². The van der Waals surface area contributed by atoms with E-state index in [4.69, 9.17) is 0 Å². The number of nitrogens with zero attached hydrogens (tertiary/aromatic N) is 4. The molecule has 0 amide bonds. The molecule has 0 fully saturated rings. The maximum atomic E-state index is 4.68. The zero-order valence-corrected chi connectivity index (χ0v) is 28.5. The number of pyridine rings is 2. The lowest BCUT2D eigenvalue weighted by atomic mass is 9.98. The quantitative estimate of drug-likeness (QED) is 0.170. The third-order valence-corrected chi connectivity index (χ3v) is 10.3. The lowest BCUT2D eigenvalue weighted by Crippen LogP contribution is -1.95. The van der Waals surface area contributed by atoms with E-state index in [0.717, 1.165) is 46.3 Å². The molecule has 246 valence electrons. The summed E-state index contributed by atoms with van der Waals surface area (Å²) >= 11 is 0. The first-order valence-electron chi connectivity index (χ1n) is 17.8. The zero-order chi connectivity index (χ0) is 34.4. The number of para-hydroxylation sites is 2. The number of aromatic nitrogens is 4. The molecule has 0 saturated heterocycles. The third-order valence-electron chi connectivity index (χ3n) is 10.3. The Morgan fingerprint density at radius 3 is 1.08 bits per heavy atom. The second kappa shape index (κ2) is 12.5. The Labute approximate surface area is 301 Å². The van der Waals surface area contributed by atoms with Crippen molar-refractivity contribution in [3.63, 3.8) is 0 Å². The summed E-state index contributed by atoms with van der Waals surface area (Å²) in [5.41, 5.74) is 16.6. The largest absolute Gasteiger partial charge is 0.308 e. The van der Waals surface area contributed by atoms with E-state index in [-0.39, 0.29) is 0 Å². The minimum atomic E-state index is 0.890. The summed E-state index contributed by atoms with van der Waals surface area (Å²) < 4.78 is 4.62. The second-order valence-corrected chi connectivity index (χ2v) is 13.5. The van der Waals surface area contributed by atoms with Crippen LogP contribution in [0.4, 0.5) is 0 Å². The van der Waals surface area contributed by atoms with Crippen LogP contribution in [0.5, 0.6) is 0 Å². The number of hydrogen-bond acceptors (Lipinski definition) is 2. The summed E-state index contributed by atoms with van der Waals surface area (Å²) in [5, 5.41) is 2.36. The molecule has 52 heavy (non-hydrogen) atoms. The maximum absolute atomic E-state index is 4.68. The molecule has 0 aliphatic rings. The molecule has 4 aromatic heterocycles. The highest BCUT2D eigenvalue weighted by Gasteiger charge is 2.14. The summed E-state index contributed by atoms with van der Waals surface area (Å²) in [6.07, 6.45) is 5.52. The topological polar surface area (TPSA) is 35.6 Å². The van der Waals surface area contributed by atoms with E-state index in [1.165, 1.54) is 55.2 Å². The lowest BCUT2D eigenvalue weighted by molar-refractivity contribution is 1.14. The molecule has 10 rings (SSSR count). The van der Waals surface area contributed by atoms with E-state index in [9.17, 15) is 0 Å². The first-order chi connectivity index (χ1) is 25.8. The fourth-order valence-corrected chi connectivity index (χ4v) is 7.75. The van der Waals surface area contributed by atoms with Crippen molar-refractivity contribution < 1.29 is 0 Å². The summed E-state index contributed by atoms with van der Waals surface area (Å²) in [6, 6.07) is 61.2. The monoisotopic (exact) mass is 666 g/mol. The third kappa shape index (κ3) is 5.24. The summed E-state index contributed by atoms with van der Waals surface area (Å²) in [4.78, 5) is 9.36. The highest BCUT2D eigenvalue weighted by molar-refractivity contribution is 6.07. The molecule has 0 bridgehead atoms. The van der Waals surface area contributed by atoms with Crippen molar-refractivity contribution in [3.8, 4) is 22.5 Å². The van der Waals surface area contributed by atoms with Gasteiger partial charge in [-0.2, -0.15) is 0 Å². The average Bonchev–Trinajstić information content (AvgIpc) is 3.73. The van der Waals surface area contributed by atoms with E-state index in [0.29, 0.717) is 0 Å². The smallest absolute Gasteiger partial charge is 0.0963 e. The molecule has 0 atom stereocenters. The zero-order valence-electron chi connectivity index (χ0n) is 28.5. The summed E-state index contributed by atoms with van der Waals surface area (Å²) in [6.45, 7) is 0. The van der Waals surface area contributed by atoms with E-state index in [1.54, 1.807) is 0 Å². The molecule has 10 aromatic rings. The van der Waals surface area contributed by atoms with E-state index >= 15 is 0 Å². The van der Waals surface area contributed by atoms with Crippen LogP contribution >= 0.6 is 0 Å². The van der Waals surface area contributed by atoms with Crippen LogP contribution in [-0.4, -0.2) is 19.1 Å². The molecular weight excluding hydrogens is 633 g/mol. The summed E-state index contributed by atoms with van der Waals surface area (Å²) in [5.74, 6) is 0. The van der Waals surface area contributed by atoms with Crippen molar-refractivity contribution in [2.75, 3.05) is 0 Å². The van der Waals surface area contributed by atoms with Crippen molar-refractivity contribution >= 4 is 43.9 Å². The lowest BCUT2D eigenvalue weighted by Gasteiger charge is -2.10. The molecular formula is C48H34N4. The van der Waals surface area contributed by atoms with Gasteiger partial charge in [0.2, 0.25) is 0 Å². The molecule has 0 N–H and O–H groups in total. The Hall–Kier alpha value is -6.78. The number of benzene rings is 6. The van der Waals surface area contributed by atoms with Crippen LogP contribution in [0.2, 0.25) is 0 Å². The fraction of sp³-hybridized carbons (Fsp3) is 0.0417. The molecule has 0 unspecified atom stereocenters. The Kier molecular flexibility index (Phi) is 7.24. The predicted octanol–water partition coefficient (Wildman–Crippen LogP) is 11.5. The Bertz CT molecular complexity index is 2550. The van der Waals surface area contributed by atoms with Crippen molar-refractivity contribution in [1.82, 2.24) is 19.1 Å². The van der Waals surface area contributed by atoms with Crippen LogP contribution in [0, 0.1) is 0 Å². The minimum absolute atomic E-state index is 0.890. The first-order valence-corrected chi connectivity index (χ1v) is 17.8. The van der Waals surface area contributed by atoms with Gasteiger partial charge >= 0.3 is 0 Å². The number of rotatable bonds is 7. The average molecular weight is 667 g/mol. The van der Waals surface area contributed by atoms with Gasteiger partial charge in [-0.15, -0.1) is 0 Å². The van der Waals surface area contributed by atoms with Crippen LogP contribution < -0.4 is 0 Å². The van der Waals surface area contributed by atoms with Crippen LogP contribution in [0.1, 0.15) is 22.3 Å². The molecule has 0 radical (unpaired) electrons. The number of hydrogen-bond donors (Lipinski definition) is 0. The van der Waals surface area contributed by atoms with Crippen LogP contribution in [0.15, 0.2) is 182 Å². The molecule has 0 spiro atoms. The first kappa shape index (κ1) is 30.1. The molecule has 6 aromatic carbocycles.